The van der Waals surface area contributed by atoms with Gasteiger partial charge in [0.2, 0.25) is 0 Å². The summed E-state index contributed by atoms with van der Waals surface area (Å²) in [6.07, 6.45) is 3.33. The third kappa shape index (κ3) is 1.05. The Morgan fingerprint density at radius 1 is 1.42 bits per heavy atom. The molecule has 0 amide bonds. The van der Waals surface area contributed by atoms with Crippen LogP contribution in [0, 0.1) is 0 Å². The third-order valence-corrected chi connectivity index (χ3v) is 2.39. The molecule has 0 aromatic carbocycles. The molecule has 3 nitrogen and oxygen atoms in total. The van der Waals surface area contributed by atoms with Gasteiger partial charge in [-0.15, -0.1) is 0 Å². The molecule has 0 unspecified atom stereocenters. The third-order valence-electron chi connectivity index (χ3n) is 2.39. The van der Waals surface area contributed by atoms with E-state index in [0.717, 1.165) is 18.5 Å². The molecule has 2 N–H and O–H groups in total. The van der Waals surface area contributed by atoms with Gasteiger partial charge in [0.05, 0.1) is 5.69 Å². The fourth-order valence-electron chi connectivity index (χ4n) is 1.83. The first-order chi connectivity index (χ1) is 5.59. The molecular weight excluding hydrogens is 152 g/mol. The number of hydrogen-bond acceptors (Lipinski definition) is 2. The van der Waals surface area contributed by atoms with Crippen molar-refractivity contribution >= 4 is 0 Å². The summed E-state index contributed by atoms with van der Waals surface area (Å²) in [5, 5.41) is 16.9. The van der Waals surface area contributed by atoms with Crippen LogP contribution in [0.3, 0.4) is 0 Å². The highest BCUT2D eigenvalue weighted by Crippen LogP contribution is 2.29. The Balaban J connectivity index is 2.46. The summed E-state index contributed by atoms with van der Waals surface area (Å²) in [5.74, 6) is 0. The fourth-order valence-corrected chi connectivity index (χ4v) is 1.83. The van der Waals surface area contributed by atoms with Crippen LogP contribution in [-0.4, -0.2) is 15.3 Å². The summed E-state index contributed by atoms with van der Waals surface area (Å²) >= 11 is 0. The average molecular weight is 166 g/mol. The first-order valence-electron chi connectivity index (χ1n) is 4.38. The number of aromatic nitrogens is 2. The number of aryl methyl sites for hydroxylation is 1. The van der Waals surface area contributed by atoms with Crippen LogP contribution in [0.1, 0.15) is 37.2 Å². The first-order valence-corrected chi connectivity index (χ1v) is 4.38. The fraction of sp³-hybridized carbons (Fsp3) is 0.667. The number of aliphatic hydroxyl groups is 1. The number of fused-ring (bicyclic) bond motifs is 1. The van der Waals surface area contributed by atoms with Gasteiger partial charge in [0, 0.05) is 5.69 Å². The lowest BCUT2D eigenvalue weighted by Crippen LogP contribution is -2.17. The van der Waals surface area contributed by atoms with Gasteiger partial charge in [0.25, 0.3) is 0 Å². The van der Waals surface area contributed by atoms with Gasteiger partial charge >= 0.3 is 0 Å². The zero-order valence-corrected chi connectivity index (χ0v) is 7.52. The van der Waals surface area contributed by atoms with Crippen molar-refractivity contribution in [3.05, 3.63) is 17.0 Å². The van der Waals surface area contributed by atoms with Gasteiger partial charge in [-0.05, 0) is 38.7 Å². The molecule has 0 radical (unpaired) electrons. The van der Waals surface area contributed by atoms with Gasteiger partial charge in [-0.1, -0.05) is 0 Å². The van der Waals surface area contributed by atoms with Crippen molar-refractivity contribution in [1.29, 1.82) is 0 Å². The zero-order valence-electron chi connectivity index (χ0n) is 7.52. The standard InChI is InChI=1S/C9H14N2O/c1-9(2,12)8-6-4-3-5-7(6)10-11-8/h12H,3-5H2,1-2H3,(H,10,11). The van der Waals surface area contributed by atoms with Crippen LogP contribution in [0.25, 0.3) is 0 Å². The van der Waals surface area contributed by atoms with E-state index in [2.05, 4.69) is 10.2 Å². The molecule has 2 rings (SSSR count). The van der Waals surface area contributed by atoms with E-state index in [9.17, 15) is 5.11 Å². The van der Waals surface area contributed by atoms with Gasteiger partial charge in [0.1, 0.15) is 5.60 Å². The monoisotopic (exact) mass is 166 g/mol. The molecular formula is C9H14N2O. The van der Waals surface area contributed by atoms with Gasteiger partial charge in [0.15, 0.2) is 0 Å². The highest BCUT2D eigenvalue weighted by atomic mass is 16.3. The van der Waals surface area contributed by atoms with Crippen molar-refractivity contribution in [2.24, 2.45) is 0 Å². The molecule has 0 aliphatic heterocycles. The number of rotatable bonds is 1. The van der Waals surface area contributed by atoms with Crippen molar-refractivity contribution in [2.75, 3.05) is 0 Å². The summed E-state index contributed by atoms with van der Waals surface area (Å²) in [5.41, 5.74) is 2.48. The minimum atomic E-state index is -0.797. The van der Waals surface area contributed by atoms with Crippen molar-refractivity contribution in [3.63, 3.8) is 0 Å². The van der Waals surface area contributed by atoms with E-state index < -0.39 is 5.60 Å². The van der Waals surface area contributed by atoms with Crippen LogP contribution >= 0.6 is 0 Å². The highest BCUT2D eigenvalue weighted by Gasteiger charge is 2.27. The maximum atomic E-state index is 9.76. The quantitative estimate of drug-likeness (QED) is 0.657. The van der Waals surface area contributed by atoms with Crippen LogP contribution in [0.15, 0.2) is 0 Å². The van der Waals surface area contributed by atoms with E-state index in [1.54, 1.807) is 13.8 Å². The Morgan fingerprint density at radius 3 is 2.83 bits per heavy atom. The molecule has 1 aliphatic rings. The van der Waals surface area contributed by atoms with Gasteiger partial charge in [-0.3, -0.25) is 5.10 Å². The van der Waals surface area contributed by atoms with Crippen molar-refractivity contribution in [3.8, 4) is 0 Å². The summed E-state index contributed by atoms with van der Waals surface area (Å²) < 4.78 is 0. The molecule has 12 heavy (non-hydrogen) atoms. The molecule has 0 spiro atoms. The molecule has 1 heterocycles. The minimum Gasteiger partial charge on any atom is -0.384 e. The van der Waals surface area contributed by atoms with Crippen LogP contribution in [0.4, 0.5) is 0 Å². The van der Waals surface area contributed by atoms with Crippen molar-refractivity contribution < 1.29 is 5.11 Å². The Morgan fingerprint density at radius 2 is 2.17 bits per heavy atom. The molecule has 1 aliphatic carbocycles. The summed E-state index contributed by atoms with van der Waals surface area (Å²) in [4.78, 5) is 0. The van der Waals surface area contributed by atoms with Crippen LogP contribution in [0.5, 0.6) is 0 Å². The van der Waals surface area contributed by atoms with Gasteiger partial charge < -0.3 is 5.11 Å². The van der Waals surface area contributed by atoms with E-state index in [4.69, 9.17) is 0 Å². The van der Waals surface area contributed by atoms with Crippen molar-refractivity contribution in [1.82, 2.24) is 10.2 Å². The summed E-state index contributed by atoms with van der Waals surface area (Å²) in [6, 6.07) is 0. The molecule has 0 saturated heterocycles. The second-order valence-corrected chi connectivity index (χ2v) is 3.94. The number of H-pyrrole nitrogens is 1. The summed E-state index contributed by atoms with van der Waals surface area (Å²) in [7, 11) is 0. The predicted molar refractivity (Wildman–Crippen MR) is 45.9 cm³/mol. The number of nitrogens with zero attached hydrogens (tertiary/aromatic N) is 1. The lowest BCUT2D eigenvalue weighted by molar-refractivity contribution is 0.0729. The topological polar surface area (TPSA) is 48.9 Å². The van der Waals surface area contributed by atoms with E-state index in [1.807, 2.05) is 0 Å². The molecule has 0 fully saturated rings. The Hall–Kier alpha value is -0.830. The van der Waals surface area contributed by atoms with E-state index in [-0.39, 0.29) is 0 Å². The van der Waals surface area contributed by atoms with Crippen LogP contribution < -0.4 is 0 Å². The van der Waals surface area contributed by atoms with E-state index in [1.165, 1.54) is 17.7 Å². The first kappa shape index (κ1) is 7.80. The van der Waals surface area contributed by atoms with Crippen LogP contribution in [0.2, 0.25) is 0 Å². The second-order valence-electron chi connectivity index (χ2n) is 3.94. The molecule has 0 bridgehead atoms. The zero-order chi connectivity index (χ0) is 8.77. The van der Waals surface area contributed by atoms with Crippen molar-refractivity contribution in [2.45, 2.75) is 38.7 Å². The smallest absolute Gasteiger partial charge is 0.103 e. The lowest BCUT2D eigenvalue weighted by atomic mass is 10.0. The molecule has 1 aromatic rings. The minimum absolute atomic E-state index is 0.797. The maximum absolute atomic E-state index is 9.76. The predicted octanol–water partition coefficient (Wildman–Crippen LogP) is 1.13. The van der Waals surface area contributed by atoms with E-state index in [0.29, 0.717) is 0 Å². The summed E-state index contributed by atoms with van der Waals surface area (Å²) in [6.45, 7) is 3.56. The lowest BCUT2D eigenvalue weighted by Gasteiger charge is -2.15. The van der Waals surface area contributed by atoms with Gasteiger partial charge in [-0.25, -0.2) is 0 Å². The number of nitrogens with one attached hydrogen (secondary N) is 1. The average Bonchev–Trinajstić information content (AvgIpc) is 2.37. The molecule has 1 aromatic heterocycles. The molecule has 66 valence electrons. The van der Waals surface area contributed by atoms with Gasteiger partial charge in [-0.2, -0.15) is 5.10 Å². The highest BCUT2D eigenvalue weighted by molar-refractivity contribution is 5.32. The Bertz CT molecular complexity index is 296. The molecule has 0 saturated carbocycles. The van der Waals surface area contributed by atoms with Crippen LogP contribution in [-0.2, 0) is 18.4 Å². The number of aromatic amines is 1. The SMILES string of the molecule is CC(C)(O)c1n[nH]c2c1CCC2. The normalized spacial score (nSPS) is 16.6. The molecule has 0 atom stereocenters. The largest absolute Gasteiger partial charge is 0.384 e. The second kappa shape index (κ2) is 2.33. The number of hydrogen-bond donors (Lipinski definition) is 2. The Labute approximate surface area is 71.8 Å². The molecule has 3 heteroatoms. The Kier molecular flexibility index (Phi) is 1.51. The maximum Gasteiger partial charge on any atom is 0.103 e. The van der Waals surface area contributed by atoms with E-state index >= 15 is 0 Å².